The van der Waals surface area contributed by atoms with Gasteiger partial charge in [0, 0.05) is 24.0 Å². The average Bonchev–Trinajstić information content (AvgIpc) is 2.51. The highest BCUT2D eigenvalue weighted by molar-refractivity contribution is 5.55. The molecule has 4 heteroatoms. The fraction of sp³-hybridized carbons (Fsp3) is 0.118. The van der Waals surface area contributed by atoms with Crippen LogP contribution in [0.5, 0.6) is 0 Å². The van der Waals surface area contributed by atoms with Gasteiger partial charge in [-0.2, -0.15) is 0 Å². The fourth-order valence-electron chi connectivity index (χ4n) is 2.18. The van der Waals surface area contributed by atoms with E-state index in [4.69, 9.17) is 0 Å². The highest BCUT2D eigenvalue weighted by atomic mass is 16.1. The molecule has 0 aliphatic heterocycles. The van der Waals surface area contributed by atoms with Crippen LogP contribution in [0.1, 0.15) is 11.3 Å². The van der Waals surface area contributed by atoms with Gasteiger partial charge in [0.1, 0.15) is 5.82 Å². The van der Waals surface area contributed by atoms with E-state index < -0.39 is 0 Å². The zero-order valence-electron chi connectivity index (χ0n) is 11.7. The van der Waals surface area contributed by atoms with E-state index in [-0.39, 0.29) is 5.56 Å². The Labute approximate surface area is 122 Å². The SMILES string of the molecule is Cc1ccc(-c2nccc(=O)n2Cc2ccccn2)cc1. The summed E-state index contributed by atoms with van der Waals surface area (Å²) < 4.78 is 1.65. The molecule has 0 N–H and O–H groups in total. The number of nitrogens with zero attached hydrogens (tertiary/aromatic N) is 3. The molecule has 3 rings (SSSR count). The maximum absolute atomic E-state index is 12.2. The van der Waals surface area contributed by atoms with Gasteiger partial charge in [-0.15, -0.1) is 0 Å². The second kappa shape index (κ2) is 5.71. The van der Waals surface area contributed by atoms with Crippen molar-refractivity contribution in [3.8, 4) is 11.4 Å². The van der Waals surface area contributed by atoms with Crippen molar-refractivity contribution in [1.29, 1.82) is 0 Å². The van der Waals surface area contributed by atoms with Crippen LogP contribution < -0.4 is 5.56 Å². The van der Waals surface area contributed by atoms with E-state index in [2.05, 4.69) is 9.97 Å². The number of hydrogen-bond acceptors (Lipinski definition) is 3. The third kappa shape index (κ3) is 2.89. The molecule has 0 saturated carbocycles. The Morgan fingerprint density at radius 1 is 0.952 bits per heavy atom. The number of aryl methyl sites for hydroxylation is 1. The van der Waals surface area contributed by atoms with Crippen LogP contribution in [0.25, 0.3) is 11.4 Å². The topological polar surface area (TPSA) is 47.8 Å². The van der Waals surface area contributed by atoms with Crippen LogP contribution in [0, 0.1) is 6.92 Å². The summed E-state index contributed by atoms with van der Waals surface area (Å²) in [6.45, 7) is 2.44. The molecule has 4 nitrogen and oxygen atoms in total. The Morgan fingerprint density at radius 2 is 1.76 bits per heavy atom. The summed E-state index contributed by atoms with van der Waals surface area (Å²) in [6.07, 6.45) is 3.27. The third-order valence-electron chi connectivity index (χ3n) is 3.29. The Hall–Kier alpha value is -2.75. The quantitative estimate of drug-likeness (QED) is 0.739. The molecule has 0 unspecified atom stereocenters. The first-order valence-electron chi connectivity index (χ1n) is 6.77. The predicted molar refractivity (Wildman–Crippen MR) is 82.0 cm³/mol. The summed E-state index contributed by atoms with van der Waals surface area (Å²) in [5, 5.41) is 0. The Balaban J connectivity index is 2.07. The maximum atomic E-state index is 12.2. The second-order valence-electron chi connectivity index (χ2n) is 4.88. The van der Waals surface area contributed by atoms with Crippen LogP contribution in [-0.2, 0) is 6.54 Å². The zero-order chi connectivity index (χ0) is 14.7. The van der Waals surface area contributed by atoms with Crippen LogP contribution in [-0.4, -0.2) is 14.5 Å². The number of pyridine rings is 1. The zero-order valence-corrected chi connectivity index (χ0v) is 11.7. The summed E-state index contributed by atoms with van der Waals surface area (Å²) in [6, 6.07) is 15.1. The van der Waals surface area contributed by atoms with Gasteiger partial charge in [-0.05, 0) is 19.1 Å². The van der Waals surface area contributed by atoms with Gasteiger partial charge in [-0.25, -0.2) is 4.98 Å². The van der Waals surface area contributed by atoms with Gasteiger partial charge in [-0.3, -0.25) is 14.3 Å². The van der Waals surface area contributed by atoms with Crippen molar-refractivity contribution in [2.75, 3.05) is 0 Å². The number of rotatable bonds is 3. The van der Waals surface area contributed by atoms with Gasteiger partial charge in [0.25, 0.3) is 5.56 Å². The van der Waals surface area contributed by atoms with Crippen LogP contribution in [0.2, 0.25) is 0 Å². The molecule has 0 spiro atoms. The molecule has 0 aliphatic rings. The molecule has 104 valence electrons. The Kier molecular flexibility index (Phi) is 3.60. The summed E-state index contributed by atoms with van der Waals surface area (Å²) in [7, 11) is 0. The van der Waals surface area contributed by atoms with Crippen molar-refractivity contribution in [2.24, 2.45) is 0 Å². The lowest BCUT2D eigenvalue weighted by Gasteiger charge is -2.11. The normalized spacial score (nSPS) is 10.5. The van der Waals surface area contributed by atoms with E-state index in [1.807, 2.05) is 49.4 Å². The van der Waals surface area contributed by atoms with E-state index in [9.17, 15) is 4.79 Å². The van der Waals surface area contributed by atoms with Crippen molar-refractivity contribution in [3.05, 3.63) is 82.5 Å². The summed E-state index contributed by atoms with van der Waals surface area (Å²) in [5.74, 6) is 0.660. The minimum Gasteiger partial charge on any atom is -0.287 e. The van der Waals surface area contributed by atoms with Gasteiger partial charge >= 0.3 is 0 Å². The first kappa shape index (κ1) is 13.2. The fourth-order valence-corrected chi connectivity index (χ4v) is 2.18. The highest BCUT2D eigenvalue weighted by Crippen LogP contribution is 2.16. The molecule has 0 amide bonds. The smallest absolute Gasteiger partial charge is 0.254 e. The molecule has 3 aromatic rings. The summed E-state index contributed by atoms with van der Waals surface area (Å²) in [5.41, 5.74) is 2.86. The van der Waals surface area contributed by atoms with Gasteiger partial charge in [0.05, 0.1) is 12.2 Å². The van der Waals surface area contributed by atoms with Crippen LogP contribution in [0.3, 0.4) is 0 Å². The molecule has 0 saturated heterocycles. The predicted octanol–water partition coefficient (Wildman–Crippen LogP) is 2.66. The average molecular weight is 277 g/mol. The van der Waals surface area contributed by atoms with Gasteiger partial charge in [-0.1, -0.05) is 35.9 Å². The maximum Gasteiger partial charge on any atom is 0.254 e. The second-order valence-corrected chi connectivity index (χ2v) is 4.88. The first-order valence-corrected chi connectivity index (χ1v) is 6.77. The standard InChI is InChI=1S/C17H15N3O/c1-13-5-7-14(8-6-13)17-19-11-9-16(21)20(17)12-15-4-2-3-10-18-15/h2-11H,12H2,1H3. The molecule has 21 heavy (non-hydrogen) atoms. The van der Waals surface area contributed by atoms with Gasteiger partial charge in [0.2, 0.25) is 0 Å². The van der Waals surface area contributed by atoms with Crippen molar-refractivity contribution >= 4 is 0 Å². The van der Waals surface area contributed by atoms with E-state index in [0.717, 1.165) is 11.3 Å². The Morgan fingerprint density at radius 3 is 2.48 bits per heavy atom. The van der Waals surface area contributed by atoms with Crippen molar-refractivity contribution in [3.63, 3.8) is 0 Å². The Bertz CT molecular complexity index is 792. The molecule has 0 bridgehead atoms. The minimum atomic E-state index is -0.0776. The molecular formula is C17H15N3O. The molecule has 0 radical (unpaired) electrons. The molecule has 0 fully saturated rings. The summed E-state index contributed by atoms with van der Waals surface area (Å²) in [4.78, 5) is 20.8. The van der Waals surface area contributed by atoms with E-state index in [1.165, 1.54) is 11.6 Å². The van der Waals surface area contributed by atoms with Crippen molar-refractivity contribution in [2.45, 2.75) is 13.5 Å². The molecule has 0 aliphatic carbocycles. The summed E-state index contributed by atoms with van der Waals surface area (Å²) >= 11 is 0. The van der Waals surface area contributed by atoms with Crippen molar-refractivity contribution < 1.29 is 0 Å². The van der Waals surface area contributed by atoms with Crippen LogP contribution in [0.4, 0.5) is 0 Å². The monoisotopic (exact) mass is 277 g/mol. The number of hydrogen-bond donors (Lipinski definition) is 0. The number of aromatic nitrogens is 3. The van der Waals surface area contributed by atoms with E-state index >= 15 is 0 Å². The molecule has 1 aromatic carbocycles. The minimum absolute atomic E-state index is 0.0776. The van der Waals surface area contributed by atoms with Crippen LogP contribution >= 0.6 is 0 Å². The highest BCUT2D eigenvalue weighted by Gasteiger charge is 2.08. The molecule has 2 aromatic heterocycles. The first-order chi connectivity index (χ1) is 10.2. The lowest BCUT2D eigenvalue weighted by atomic mass is 10.1. The molecule has 0 atom stereocenters. The largest absolute Gasteiger partial charge is 0.287 e. The van der Waals surface area contributed by atoms with Crippen molar-refractivity contribution in [1.82, 2.24) is 14.5 Å². The number of benzene rings is 1. The lowest BCUT2D eigenvalue weighted by molar-refractivity contribution is 0.729. The van der Waals surface area contributed by atoms with Gasteiger partial charge in [0.15, 0.2) is 0 Å². The van der Waals surface area contributed by atoms with E-state index in [1.54, 1.807) is 17.0 Å². The lowest BCUT2D eigenvalue weighted by Crippen LogP contribution is -2.22. The molecule has 2 heterocycles. The third-order valence-corrected chi connectivity index (χ3v) is 3.29. The molecular weight excluding hydrogens is 262 g/mol. The van der Waals surface area contributed by atoms with Gasteiger partial charge < -0.3 is 0 Å². The van der Waals surface area contributed by atoms with E-state index in [0.29, 0.717) is 12.4 Å². The van der Waals surface area contributed by atoms with Crippen LogP contribution in [0.15, 0.2) is 65.7 Å².